The van der Waals surface area contributed by atoms with E-state index < -0.39 is 0 Å². The second-order valence-electron chi connectivity index (χ2n) is 12.6. The minimum absolute atomic E-state index is 1.08. The maximum atomic E-state index is 3.80. The van der Waals surface area contributed by atoms with Crippen molar-refractivity contribution >= 4 is 75.5 Å². The second kappa shape index (κ2) is 11.2. The molecule has 2 aromatic heterocycles. The van der Waals surface area contributed by atoms with Crippen molar-refractivity contribution in [1.82, 2.24) is 4.57 Å². The van der Waals surface area contributed by atoms with Gasteiger partial charge in [0.25, 0.3) is 0 Å². The highest BCUT2D eigenvalue weighted by molar-refractivity contribution is 7.26. The van der Waals surface area contributed by atoms with Crippen LogP contribution < -0.4 is 5.32 Å². The van der Waals surface area contributed by atoms with Gasteiger partial charge < -0.3 is 9.88 Å². The fraction of sp³-hybridized carbons (Fsp3) is 0. The Bertz CT molecular complexity index is 2840. The summed E-state index contributed by atoms with van der Waals surface area (Å²) < 4.78 is 5.09. The van der Waals surface area contributed by atoms with Crippen LogP contribution >= 0.6 is 11.3 Å². The van der Waals surface area contributed by atoms with E-state index in [1.807, 2.05) is 11.3 Å². The van der Waals surface area contributed by atoms with Crippen molar-refractivity contribution in [1.29, 1.82) is 0 Å². The SMILES string of the molecule is c1ccc(-c2cc(-c3ccc4c(c3)c3c5sc6ccccc6c5ccc3n4-c3ccccc3)ccc2Nc2cccc3ccccc23)cc1. The summed E-state index contributed by atoms with van der Waals surface area (Å²) in [5.41, 5.74) is 10.5. The zero-order valence-corrected chi connectivity index (χ0v) is 27.4. The van der Waals surface area contributed by atoms with Gasteiger partial charge in [-0.2, -0.15) is 0 Å². The molecule has 10 rings (SSSR count). The van der Waals surface area contributed by atoms with E-state index in [0.29, 0.717) is 0 Å². The van der Waals surface area contributed by atoms with Gasteiger partial charge in [0, 0.05) is 59.0 Å². The predicted molar refractivity (Wildman–Crippen MR) is 212 cm³/mol. The minimum atomic E-state index is 1.08. The van der Waals surface area contributed by atoms with Crippen LogP contribution in [0.25, 0.3) is 80.7 Å². The molecule has 0 unspecified atom stereocenters. The van der Waals surface area contributed by atoms with Gasteiger partial charge in [-0.25, -0.2) is 0 Å². The first kappa shape index (κ1) is 27.9. The summed E-state index contributed by atoms with van der Waals surface area (Å²) in [4.78, 5) is 0. The number of nitrogens with one attached hydrogen (secondary N) is 1. The van der Waals surface area contributed by atoms with Gasteiger partial charge in [0.2, 0.25) is 0 Å². The first-order chi connectivity index (χ1) is 24.3. The summed E-state index contributed by atoms with van der Waals surface area (Å²) in [6, 6.07) is 63.7. The molecule has 1 N–H and O–H groups in total. The molecule has 0 saturated heterocycles. The third kappa shape index (κ3) is 4.55. The molecular weight excluding hydrogens is 613 g/mol. The molecule has 0 bridgehead atoms. The summed E-state index contributed by atoms with van der Waals surface area (Å²) in [6.45, 7) is 0. The van der Waals surface area contributed by atoms with E-state index in [2.05, 4.69) is 186 Å². The largest absolute Gasteiger partial charge is 0.355 e. The Balaban J connectivity index is 1.19. The second-order valence-corrected chi connectivity index (χ2v) is 13.7. The maximum absolute atomic E-state index is 3.80. The molecule has 2 heterocycles. The Kier molecular flexibility index (Phi) is 6.39. The molecule has 0 saturated carbocycles. The lowest BCUT2D eigenvalue weighted by molar-refractivity contribution is 1.18. The van der Waals surface area contributed by atoms with Gasteiger partial charge in [0.15, 0.2) is 0 Å². The minimum Gasteiger partial charge on any atom is -0.355 e. The van der Waals surface area contributed by atoms with Crippen molar-refractivity contribution in [2.75, 3.05) is 5.32 Å². The summed E-state index contributed by atoms with van der Waals surface area (Å²) >= 11 is 1.90. The molecule has 0 aliphatic heterocycles. The summed E-state index contributed by atoms with van der Waals surface area (Å²) in [5, 5.41) is 11.5. The molecule has 230 valence electrons. The Hall–Kier alpha value is -6.16. The van der Waals surface area contributed by atoms with E-state index in [9.17, 15) is 0 Å². The van der Waals surface area contributed by atoms with E-state index in [4.69, 9.17) is 0 Å². The highest BCUT2D eigenvalue weighted by atomic mass is 32.1. The Morgan fingerprint density at radius 3 is 2.00 bits per heavy atom. The lowest BCUT2D eigenvalue weighted by atomic mass is 9.96. The summed E-state index contributed by atoms with van der Waals surface area (Å²) in [7, 11) is 0. The van der Waals surface area contributed by atoms with Gasteiger partial charge in [-0.15, -0.1) is 11.3 Å². The van der Waals surface area contributed by atoms with Crippen molar-refractivity contribution in [3.8, 4) is 27.9 Å². The maximum Gasteiger partial charge on any atom is 0.0555 e. The van der Waals surface area contributed by atoms with Gasteiger partial charge in [-0.1, -0.05) is 121 Å². The van der Waals surface area contributed by atoms with E-state index >= 15 is 0 Å². The Morgan fingerprint density at radius 2 is 1.12 bits per heavy atom. The third-order valence-electron chi connectivity index (χ3n) is 9.78. The fourth-order valence-electron chi connectivity index (χ4n) is 7.49. The van der Waals surface area contributed by atoms with Crippen molar-refractivity contribution in [2.24, 2.45) is 0 Å². The van der Waals surface area contributed by atoms with Crippen LogP contribution in [0.1, 0.15) is 0 Å². The number of aromatic nitrogens is 1. The summed E-state index contributed by atoms with van der Waals surface area (Å²) in [6.07, 6.45) is 0. The average molecular weight is 643 g/mol. The highest BCUT2D eigenvalue weighted by Gasteiger charge is 2.19. The van der Waals surface area contributed by atoms with Crippen LogP contribution in [0.4, 0.5) is 11.4 Å². The average Bonchev–Trinajstić information content (AvgIpc) is 3.71. The van der Waals surface area contributed by atoms with E-state index in [0.717, 1.165) is 11.4 Å². The first-order valence-electron chi connectivity index (χ1n) is 16.7. The predicted octanol–water partition coefficient (Wildman–Crippen LogP) is 13.4. The van der Waals surface area contributed by atoms with Crippen LogP contribution in [0.3, 0.4) is 0 Å². The lowest BCUT2D eigenvalue weighted by Gasteiger charge is -2.16. The fourth-order valence-corrected chi connectivity index (χ4v) is 8.75. The molecule has 0 amide bonds. The quantitative estimate of drug-likeness (QED) is 0.198. The molecule has 0 fully saturated rings. The third-order valence-corrected chi connectivity index (χ3v) is 11.0. The molecule has 2 nitrogen and oxygen atoms in total. The normalized spacial score (nSPS) is 11.7. The molecule has 3 heteroatoms. The van der Waals surface area contributed by atoms with Crippen molar-refractivity contribution < 1.29 is 0 Å². The highest BCUT2D eigenvalue weighted by Crippen LogP contribution is 2.44. The number of benzene rings is 8. The zero-order chi connectivity index (χ0) is 32.3. The van der Waals surface area contributed by atoms with E-state index in [1.54, 1.807) is 0 Å². The standard InChI is InChI=1S/C46H30N2S/c1-3-12-31(13-4-1)38-28-32(22-25-41(38)47-40-20-11-15-30-14-7-8-18-35(30)40)33-23-26-42-39(29-33)45-43(48(42)34-16-5-2-6-17-34)27-24-37-36-19-9-10-21-44(36)49-46(37)45/h1-29,47H. The van der Waals surface area contributed by atoms with Gasteiger partial charge >= 0.3 is 0 Å². The summed E-state index contributed by atoms with van der Waals surface area (Å²) in [5.74, 6) is 0. The number of para-hydroxylation sites is 1. The Labute approximate surface area is 288 Å². The van der Waals surface area contributed by atoms with Crippen molar-refractivity contribution in [3.63, 3.8) is 0 Å². The Morgan fingerprint density at radius 1 is 0.429 bits per heavy atom. The number of hydrogen-bond donors (Lipinski definition) is 1. The number of anilines is 2. The van der Waals surface area contributed by atoms with Crippen LogP contribution in [0.5, 0.6) is 0 Å². The van der Waals surface area contributed by atoms with Gasteiger partial charge in [-0.05, 0) is 76.7 Å². The number of nitrogens with zero attached hydrogens (tertiary/aromatic N) is 1. The van der Waals surface area contributed by atoms with Crippen LogP contribution in [0, 0.1) is 0 Å². The molecule has 8 aromatic carbocycles. The molecule has 0 spiro atoms. The van der Waals surface area contributed by atoms with Crippen LogP contribution in [0.15, 0.2) is 176 Å². The van der Waals surface area contributed by atoms with Crippen molar-refractivity contribution in [2.45, 2.75) is 0 Å². The van der Waals surface area contributed by atoms with Gasteiger partial charge in [0.1, 0.15) is 0 Å². The molecule has 0 aliphatic carbocycles. The monoisotopic (exact) mass is 642 g/mol. The smallest absolute Gasteiger partial charge is 0.0555 e. The van der Waals surface area contributed by atoms with E-state index in [-0.39, 0.29) is 0 Å². The molecule has 0 radical (unpaired) electrons. The van der Waals surface area contributed by atoms with Crippen LogP contribution in [-0.2, 0) is 0 Å². The number of thiophene rings is 1. The molecule has 0 atom stereocenters. The lowest BCUT2D eigenvalue weighted by Crippen LogP contribution is -1.95. The number of rotatable bonds is 5. The first-order valence-corrected chi connectivity index (χ1v) is 17.5. The molecule has 10 aromatic rings. The van der Waals surface area contributed by atoms with E-state index in [1.165, 1.54) is 80.7 Å². The topological polar surface area (TPSA) is 17.0 Å². The molecule has 49 heavy (non-hydrogen) atoms. The zero-order valence-electron chi connectivity index (χ0n) is 26.6. The van der Waals surface area contributed by atoms with Crippen molar-refractivity contribution in [3.05, 3.63) is 176 Å². The van der Waals surface area contributed by atoms with Gasteiger partial charge in [0.05, 0.1) is 11.0 Å². The molecular formula is C46H30N2S. The van der Waals surface area contributed by atoms with Crippen LogP contribution in [0.2, 0.25) is 0 Å². The molecule has 0 aliphatic rings. The van der Waals surface area contributed by atoms with Gasteiger partial charge in [-0.3, -0.25) is 0 Å². The van der Waals surface area contributed by atoms with Crippen LogP contribution in [-0.4, -0.2) is 4.57 Å². The number of hydrogen-bond acceptors (Lipinski definition) is 2. The number of fused-ring (bicyclic) bond motifs is 8.